The average molecular weight is 219 g/mol. The standard InChI is InChI=1S/C12H13NO3/c1-3-15-11-6-9(8-13)5-10(7-11)12(14)16-4-2/h5-7H,3-4H2,1-2H3. The molecule has 1 rings (SSSR count). The predicted octanol–water partition coefficient (Wildman–Crippen LogP) is 2.13. The second-order valence-electron chi connectivity index (χ2n) is 3.01. The van der Waals surface area contributed by atoms with Gasteiger partial charge in [-0.1, -0.05) is 0 Å². The first-order valence-electron chi connectivity index (χ1n) is 5.06. The third kappa shape index (κ3) is 2.99. The summed E-state index contributed by atoms with van der Waals surface area (Å²) < 4.78 is 10.1. The third-order valence-electron chi connectivity index (χ3n) is 1.86. The van der Waals surface area contributed by atoms with E-state index in [1.165, 1.54) is 6.07 Å². The molecule has 0 unspecified atom stereocenters. The molecule has 0 fully saturated rings. The van der Waals surface area contributed by atoms with Crippen LogP contribution in [-0.4, -0.2) is 19.2 Å². The number of hydrogen-bond acceptors (Lipinski definition) is 4. The van der Waals surface area contributed by atoms with Crippen molar-refractivity contribution < 1.29 is 14.3 Å². The van der Waals surface area contributed by atoms with Gasteiger partial charge in [0, 0.05) is 0 Å². The molecule has 0 spiro atoms. The Morgan fingerprint density at radius 1 is 1.31 bits per heavy atom. The molecular weight excluding hydrogens is 206 g/mol. The van der Waals surface area contributed by atoms with E-state index < -0.39 is 5.97 Å². The van der Waals surface area contributed by atoms with E-state index in [9.17, 15) is 4.79 Å². The van der Waals surface area contributed by atoms with Crippen LogP contribution in [0.5, 0.6) is 5.75 Å². The molecule has 0 saturated heterocycles. The summed E-state index contributed by atoms with van der Waals surface area (Å²) in [5, 5.41) is 8.81. The van der Waals surface area contributed by atoms with Crippen molar-refractivity contribution in [2.75, 3.05) is 13.2 Å². The van der Waals surface area contributed by atoms with E-state index in [2.05, 4.69) is 0 Å². The highest BCUT2D eigenvalue weighted by atomic mass is 16.5. The molecule has 0 radical (unpaired) electrons. The van der Waals surface area contributed by atoms with Crippen LogP contribution >= 0.6 is 0 Å². The lowest BCUT2D eigenvalue weighted by atomic mass is 10.1. The van der Waals surface area contributed by atoms with E-state index in [1.807, 2.05) is 13.0 Å². The van der Waals surface area contributed by atoms with Crippen LogP contribution in [0.15, 0.2) is 18.2 Å². The number of hydrogen-bond donors (Lipinski definition) is 0. The second kappa shape index (κ2) is 5.76. The lowest BCUT2D eigenvalue weighted by molar-refractivity contribution is 0.0526. The number of esters is 1. The van der Waals surface area contributed by atoms with Gasteiger partial charge < -0.3 is 9.47 Å². The third-order valence-corrected chi connectivity index (χ3v) is 1.86. The lowest BCUT2D eigenvalue weighted by Gasteiger charge is -2.06. The number of ether oxygens (including phenoxy) is 2. The molecule has 0 N–H and O–H groups in total. The zero-order valence-corrected chi connectivity index (χ0v) is 9.32. The highest BCUT2D eigenvalue weighted by Gasteiger charge is 2.09. The summed E-state index contributed by atoms with van der Waals surface area (Å²) >= 11 is 0. The first-order valence-corrected chi connectivity index (χ1v) is 5.06. The summed E-state index contributed by atoms with van der Waals surface area (Å²) in [7, 11) is 0. The maximum Gasteiger partial charge on any atom is 0.338 e. The van der Waals surface area contributed by atoms with E-state index in [4.69, 9.17) is 14.7 Å². The maximum absolute atomic E-state index is 11.5. The van der Waals surface area contributed by atoms with Gasteiger partial charge >= 0.3 is 5.97 Å². The molecule has 0 bridgehead atoms. The van der Waals surface area contributed by atoms with Gasteiger partial charge in [-0.3, -0.25) is 0 Å². The number of nitriles is 1. The zero-order chi connectivity index (χ0) is 12.0. The van der Waals surface area contributed by atoms with Crippen LogP contribution in [0.2, 0.25) is 0 Å². The van der Waals surface area contributed by atoms with Gasteiger partial charge in [0.15, 0.2) is 0 Å². The summed E-state index contributed by atoms with van der Waals surface area (Å²) in [6, 6.07) is 6.62. The molecular formula is C12H13NO3. The Kier molecular flexibility index (Phi) is 4.34. The van der Waals surface area contributed by atoms with Crippen molar-refractivity contribution >= 4 is 5.97 Å². The van der Waals surface area contributed by atoms with Crippen LogP contribution in [0.25, 0.3) is 0 Å². The van der Waals surface area contributed by atoms with E-state index in [0.717, 1.165) is 0 Å². The number of carbonyl (C=O) groups excluding carboxylic acids is 1. The van der Waals surface area contributed by atoms with Crippen LogP contribution in [-0.2, 0) is 4.74 Å². The molecule has 0 amide bonds. The Morgan fingerprint density at radius 3 is 2.62 bits per heavy atom. The van der Waals surface area contributed by atoms with Gasteiger partial charge in [-0.05, 0) is 32.0 Å². The van der Waals surface area contributed by atoms with Crippen LogP contribution in [0.4, 0.5) is 0 Å². The topological polar surface area (TPSA) is 59.3 Å². The second-order valence-corrected chi connectivity index (χ2v) is 3.01. The predicted molar refractivity (Wildman–Crippen MR) is 58.3 cm³/mol. The molecule has 1 aromatic rings. The summed E-state index contributed by atoms with van der Waals surface area (Å²) in [5.74, 6) is 0.0603. The highest BCUT2D eigenvalue weighted by molar-refractivity contribution is 5.90. The fraction of sp³-hybridized carbons (Fsp3) is 0.333. The van der Waals surface area contributed by atoms with Crippen molar-refractivity contribution in [3.63, 3.8) is 0 Å². The molecule has 0 aliphatic carbocycles. The molecule has 0 atom stereocenters. The van der Waals surface area contributed by atoms with E-state index in [0.29, 0.717) is 30.1 Å². The van der Waals surface area contributed by atoms with Crippen molar-refractivity contribution in [1.82, 2.24) is 0 Å². The monoisotopic (exact) mass is 219 g/mol. The SMILES string of the molecule is CCOC(=O)c1cc(C#N)cc(OCC)c1. The number of carbonyl (C=O) groups is 1. The van der Waals surface area contributed by atoms with Crippen LogP contribution in [0.3, 0.4) is 0 Å². The molecule has 4 nitrogen and oxygen atoms in total. The fourth-order valence-corrected chi connectivity index (χ4v) is 1.25. The molecule has 0 heterocycles. The van der Waals surface area contributed by atoms with E-state index in [1.54, 1.807) is 19.1 Å². The van der Waals surface area contributed by atoms with E-state index in [-0.39, 0.29) is 0 Å². The Hall–Kier alpha value is -2.02. The highest BCUT2D eigenvalue weighted by Crippen LogP contribution is 2.17. The van der Waals surface area contributed by atoms with Crippen molar-refractivity contribution in [2.45, 2.75) is 13.8 Å². The molecule has 1 aromatic carbocycles. The van der Waals surface area contributed by atoms with Gasteiger partial charge in [0.1, 0.15) is 5.75 Å². The Balaban J connectivity index is 3.04. The lowest BCUT2D eigenvalue weighted by Crippen LogP contribution is -2.05. The largest absolute Gasteiger partial charge is 0.494 e. The minimum Gasteiger partial charge on any atom is -0.494 e. The van der Waals surface area contributed by atoms with Crippen LogP contribution in [0.1, 0.15) is 29.8 Å². The molecule has 16 heavy (non-hydrogen) atoms. The molecule has 0 saturated carbocycles. The van der Waals surface area contributed by atoms with Gasteiger partial charge in [-0.15, -0.1) is 0 Å². The molecule has 0 aliphatic heterocycles. The molecule has 0 aromatic heterocycles. The van der Waals surface area contributed by atoms with Crippen LogP contribution < -0.4 is 4.74 Å². The van der Waals surface area contributed by atoms with Gasteiger partial charge in [0.25, 0.3) is 0 Å². The first kappa shape index (κ1) is 12.1. The zero-order valence-electron chi connectivity index (χ0n) is 9.32. The Morgan fingerprint density at radius 2 is 2.06 bits per heavy atom. The summed E-state index contributed by atoms with van der Waals surface area (Å²) in [5.41, 5.74) is 0.721. The van der Waals surface area contributed by atoms with Gasteiger partial charge in [0.2, 0.25) is 0 Å². The molecule has 0 aliphatic rings. The van der Waals surface area contributed by atoms with E-state index >= 15 is 0 Å². The normalized spacial score (nSPS) is 9.31. The van der Waals surface area contributed by atoms with Crippen molar-refractivity contribution in [1.29, 1.82) is 5.26 Å². The first-order chi connectivity index (χ1) is 7.71. The van der Waals surface area contributed by atoms with Crippen molar-refractivity contribution in [3.8, 4) is 11.8 Å². The van der Waals surface area contributed by atoms with Crippen LogP contribution in [0, 0.1) is 11.3 Å². The molecule has 4 heteroatoms. The quantitative estimate of drug-likeness (QED) is 0.728. The average Bonchev–Trinajstić information content (AvgIpc) is 2.29. The minimum absolute atomic E-state index is 0.305. The smallest absolute Gasteiger partial charge is 0.338 e. The van der Waals surface area contributed by atoms with Gasteiger partial charge in [-0.2, -0.15) is 5.26 Å². The number of nitrogens with zero attached hydrogens (tertiary/aromatic N) is 1. The van der Waals surface area contributed by atoms with Gasteiger partial charge in [-0.25, -0.2) is 4.79 Å². The van der Waals surface area contributed by atoms with Crippen molar-refractivity contribution in [3.05, 3.63) is 29.3 Å². The Bertz CT molecular complexity index is 421. The van der Waals surface area contributed by atoms with Crippen molar-refractivity contribution in [2.24, 2.45) is 0 Å². The minimum atomic E-state index is -0.444. The summed E-state index contributed by atoms with van der Waals surface area (Å²) in [6.07, 6.45) is 0. The fourth-order valence-electron chi connectivity index (χ4n) is 1.25. The summed E-state index contributed by atoms with van der Waals surface area (Å²) in [6.45, 7) is 4.36. The van der Waals surface area contributed by atoms with Gasteiger partial charge in [0.05, 0.1) is 30.4 Å². The Labute approximate surface area is 94.4 Å². The molecule has 84 valence electrons. The number of benzene rings is 1. The summed E-state index contributed by atoms with van der Waals surface area (Å²) in [4.78, 5) is 11.5. The number of rotatable bonds is 4. The maximum atomic E-state index is 11.5.